The lowest BCUT2D eigenvalue weighted by Crippen LogP contribution is -2.13. The fraction of sp³-hybridized carbons (Fsp3) is 0.0500. The molecule has 26 heavy (non-hydrogen) atoms. The molecule has 0 aromatic heterocycles. The van der Waals surface area contributed by atoms with Crippen LogP contribution in [0.1, 0.15) is 15.9 Å². The molecule has 0 aliphatic heterocycles. The van der Waals surface area contributed by atoms with E-state index in [1.165, 1.54) is 12.1 Å². The van der Waals surface area contributed by atoms with Crippen molar-refractivity contribution in [2.24, 2.45) is 0 Å². The molecule has 0 atom stereocenters. The Hall–Kier alpha value is -2.69. The maximum Gasteiger partial charge on any atom is 0.259 e. The summed E-state index contributed by atoms with van der Waals surface area (Å²) >= 11 is 11.9. The molecular weight excluding hydrogens is 373 g/mol. The molecular formula is C20H15Cl2NO3. The Bertz CT molecular complexity index is 959. The zero-order valence-electron chi connectivity index (χ0n) is 13.8. The summed E-state index contributed by atoms with van der Waals surface area (Å²) in [4.78, 5) is 12.6. The van der Waals surface area contributed by atoms with Crippen LogP contribution in [0.5, 0.6) is 17.2 Å². The SMILES string of the molecule is Cc1cc(Oc2ccccc2)cc(C(=O)Nc2ccc(Cl)cc2Cl)c1O. The average molecular weight is 388 g/mol. The first-order valence-electron chi connectivity index (χ1n) is 7.77. The van der Waals surface area contributed by atoms with Crippen molar-refractivity contribution in [1.29, 1.82) is 0 Å². The number of nitrogens with one attached hydrogen (secondary N) is 1. The Morgan fingerprint density at radius 1 is 1.00 bits per heavy atom. The quantitative estimate of drug-likeness (QED) is 0.572. The lowest BCUT2D eigenvalue weighted by Gasteiger charge is -2.13. The van der Waals surface area contributed by atoms with Gasteiger partial charge in [0.15, 0.2) is 0 Å². The summed E-state index contributed by atoms with van der Waals surface area (Å²) in [6, 6.07) is 17.0. The van der Waals surface area contributed by atoms with E-state index in [9.17, 15) is 9.90 Å². The number of para-hydroxylation sites is 1. The smallest absolute Gasteiger partial charge is 0.259 e. The molecule has 0 saturated heterocycles. The maximum atomic E-state index is 12.6. The monoisotopic (exact) mass is 387 g/mol. The van der Waals surface area contributed by atoms with Gasteiger partial charge in [-0.2, -0.15) is 0 Å². The summed E-state index contributed by atoms with van der Waals surface area (Å²) in [5, 5.41) is 13.7. The van der Waals surface area contributed by atoms with E-state index in [0.29, 0.717) is 32.8 Å². The number of benzene rings is 3. The minimum Gasteiger partial charge on any atom is -0.507 e. The Kier molecular flexibility index (Phi) is 5.35. The number of ether oxygens (including phenoxy) is 1. The zero-order valence-corrected chi connectivity index (χ0v) is 15.3. The molecule has 3 aromatic rings. The molecule has 0 radical (unpaired) electrons. The summed E-state index contributed by atoms with van der Waals surface area (Å²) in [6.07, 6.45) is 0. The molecule has 0 heterocycles. The van der Waals surface area contributed by atoms with Gasteiger partial charge in [0.1, 0.15) is 17.2 Å². The van der Waals surface area contributed by atoms with Crippen LogP contribution in [0.15, 0.2) is 60.7 Å². The highest BCUT2D eigenvalue weighted by Crippen LogP contribution is 2.32. The van der Waals surface area contributed by atoms with Gasteiger partial charge in [0.25, 0.3) is 5.91 Å². The maximum absolute atomic E-state index is 12.6. The van der Waals surface area contributed by atoms with Crippen molar-refractivity contribution in [2.75, 3.05) is 5.32 Å². The number of aromatic hydroxyl groups is 1. The standard InChI is InChI=1S/C20H15Cl2NO3/c1-12-9-15(26-14-5-3-2-4-6-14)11-16(19(12)24)20(25)23-18-8-7-13(21)10-17(18)22/h2-11,24H,1H3,(H,23,25). The van der Waals surface area contributed by atoms with Gasteiger partial charge < -0.3 is 15.2 Å². The van der Waals surface area contributed by atoms with Gasteiger partial charge in [0, 0.05) is 5.02 Å². The topological polar surface area (TPSA) is 58.6 Å². The van der Waals surface area contributed by atoms with Gasteiger partial charge in [0.2, 0.25) is 0 Å². The van der Waals surface area contributed by atoms with Gasteiger partial charge in [-0.1, -0.05) is 41.4 Å². The number of carbonyl (C=O) groups is 1. The van der Waals surface area contributed by atoms with Gasteiger partial charge in [-0.15, -0.1) is 0 Å². The third-order valence-corrected chi connectivity index (χ3v) is 4.22. The normalized spacial score (nSPS) is 10.4. The number of aryl methyl sites for hydroxylation is 1. The largest absolute Gasteiger partial charge is 0.507 e. The molecule has 4 nitrogen and oxygen atoms in total. The molecule has 132 valence electrons. The van der Waals surface area contributed by atoms with Crippen molar-refractivity contribution in [3.63, 3.8) is 0 Å². The third kappa shape index (κ3) is 4.10. The minimum absolute atomic E-state index is 0.0851. The highest BCUT2D eigenvalue weighted by molar-refractivity contribution is 6.36. The highest BCUT2D eigenvalue weighted by Gasteiger charge is 2.17. The highest BCUT2D eigenvalue weighted by atomic mass is 35.5. The van der Waals surface area contributed by atoms with E-state index in [-0.39, 0.29) is 11.3 Å². The van der Waals surface area contributed by atoms with Crippen LogP contribution >= 0.6 is 23.2 Å². The fourth-order valence-electron chi connectivity index (χ4n) is 2.38. The summed E-state index contributed by atoms with van der Waals surface area (Å²) in [6.45, 7) is 1.69. The van der Waals surface area contributed by atoms with Gasteiger partial charge in [-0.05, 0) is 55.0 Å². The number of hydrogen-bond donors (Lipinski definition) is 2. The molecule has 0 unspecified atom stereocenters. The predicted octanol–water partition coefficient (Wildman–Crippen LogP) is 6.05. The van der Waals surface area contributed by atoms with Crippen molar-refractivity contribution in [3.8, 4) is 17.2 Å². The summed E-state index contributed by atoms with van der Waals surface area (Å²) < 4.78 is 5.76. The summed E-state index contributed by atoms with van der Waals surface area (Å²) in [5.41, 5.74) is 1.00. The van der Waals surface area contributed by atoms with Crippen LogP contribution < -0.4 is 10.1 Å². The van der Waals surface area contributed by atoms with Gasteiger partial charge >= 0.3 is 0 Å². The van der Waals surface area contributed by atoms with Gasteiger partial charge in [-0.3, -0.25) is 4.79 Å². The Labute approximate surface area is 161 Å². The van der Waals surface area contributed by atoms with Crippen LogP contribution in [0.25, 0.3) is 0 Å². The third-order valence-electron chi connectivity index (χ3n) is 3.68. The van der Waals surface area contributed by atoms with Crippen molar-refractivity contribution in [2.45, 2.75) is 6.92 Å². The van der Waals surface area contributed by atoms with E-state index in [1.807, 2.05) is 18.2 Å². The van der Waals surface area contributed by atoms with Gasteiger partial charge in [0.05, 0.1) is 16.3 Å². The van der Waals surface area contributed by atoms with Gasteiger partial charge in [-0.25, -0.2) is 0 Å². The Morgan fingerprint density at radius 2 is 1.73 bits per heavy atom. The van der Waals surface area contributed by atoms with Crippen molar-refractivity contribution >= 4 is 34.8 Å². The molecule has 3 rings (SSSR count). The lowest BCUT2D eigenvalue weighted by atomic mass is 10.1. The summed E-state index contributed by atoms with van der Waals surface area (Å²) in [7, 11) is 0. The number of phenols is 1. The van der Waals surface area contributed by atoms with Crippen LogP contribution in [0.2, 0.25) is 10.0 Å². The molecule has 3 aromatic carbocycles. The molecule has 6 heteroatoms. The van der Waals surface area contributed by atoms with Crippen LogP contribution in [0.3, 0.4) is 0 Å². The molecule has 0 spiro atoms. The first kappa shape index (κ1) is 18.1. The van der Waals surface area contributed by atoms with E-state index >= 15 is 0 Å². The second-order valence-corrected chi connectivity index (χ2v) is 6.47. The number of carbonyl (C=O) groups excluding carboxylic acids is 1. The first-order valence-corrected chi connectivity index (χ1v) is 8.52. The van der Waals surface area contributed by atoms with Crippen molar-refractivity contribution < 1.29 is 14.6 Å². The van der Waals surface area contributed by atoms with Crippen LogP contribution in [-0.2, 0) is 0 Å². The van der Waals surface area contributed by atoms with E-state index in [0.717, 1.165) is 0 Å². The molecule has 0 fully saturated rings. The van der Waals surface area contributed by atoms with Crippen molar-refractivity contribution in [1.82, 2.24) is 0 Å². The number of rotatable bonds is 4. The molecule has 0 aliphatic carbocycles. The van der Waals surface area contributed by atoms with Crippen LogP contribution in [-0.4, -0.2) is 11.0 Å². The molecule has 0 bridgehead atoms. The van der Waals surface area contributed by atoms with E-state index in [1.54, 1.807) is 37.3 Å². The Balaban J connectivity index is 1.89. The number of amides is 1. The lowest BCUT2D eigenvalue weighted by molar-refractivity contribution is 0.102. The second-order valence-electron chi connectivity index (χ2n) is 5.63. The van der Waals surface area contributed by atoms with Crippen molar-refractivity contribution in [3.05, 3.63) is 81.8 Å². The Morgan fingerprint density at radius 3 is 2.42 bits per heavy atom. The molecule has 2 N–H and O–H groups in total. The molecule has 1 amide bonds. The van der Waals surface area contributed by atoms with E-state index < -0.39 is 5.91 Å². The number of hydrogen-bond acceptors (Lipinski definition) is 3. The number of halogens is 2. The minimum atomic E-state index is -0.506. The molecule has 0 aliphatic rings. The predicted molar refractivity (Wildman–Crippen MR) is 104 cm³/mol. The molecule has 0 saturated carbocycles. The fourth-order valence-corrected chi connectivity index (χ4v) is 2.84. The first-order chi connectivity index (χ1) is 12.4. The average Bonchev–Trinajstić information content (AvgIpc) is 2.61. The number of phenolic OH excluding ortho intramolecular Hbond substituents is 1. The summed E-state index contributed by atoms with van der Waals surface area (Å²) in [5.74, 6) is 0.449. The van der Waals surface area contributed by atoms with Crippen LogP contribution in [0, 0.1) is 6.92 Å². The second kappa shape index (κ2) is 7.68. The van der Waals surface area contributed by atoms with E-state index in [2.05, 4.69) is 5.32 Å². The number of anilines is 1. The zero-order chi connectivity index (χ0) is 18.7. The van der Waals surface area contributed by atoms with E-state index in [4.69, 9.17) is 27.9 Å². The van der Waals surface area contributed by atoms with Crippen LogP contribution in [0.4, 0.5) is 5.69 Å².